The highest BCUT2D eigenvalue weighted by atomic mass is 32.1. The number of rotatable bonds is 8. The maximum Gasteiger partial charge on any atom is 0.348 e. The van der Waals surface area contributed by atoms with E-state index in [4.69, 9.17) is 9.47 Å². The van der Waals surface area contributed by atoms with Crippen LogP contribution in [0.25, 0.3) is 10.2 Å². The van der Waals surface area contributed by atoms with Crippen LogP contribution in [-0.4, -0.2) is 38.4 Å². The summed E-state index contributed by atoms with van der Waals surface area (Å²) in [6.45, 7) is 11.7. The molecule has 0 spiro atoms. The van der Waals surface area contributed by atoms with E-state index in [1.54, 1.807) is 13.8 Å². The minimum Gasteiger partial charge on any atom is -0.480 e. The van der Waals surface area contributed by atoms with Crippen LogP contribution in [0.1, 0.15) is 68.4 Å². The molecule has 194 valence electrons. The molecule has 0 bridgehead atoms. The molecule has 1 atom stereocenters. The summed E-state index contributed by atoms with van der Waals surface area (Å²) in [5.41, 5.74) is -2.82. The number of ether oxygens (including phenoxy) is 2. The first-order valence-corrected chi connectivity index (χ1v) is 12.4. The van der Waals surface area contributed by atoms with E-state index >= 15 is 0 Å². The van der Waals surface area contributed by atoms with Crippen molar-refractivity contribution >= 4 is 33.5 Å². The number of carbonyl (C=O) groups is 2. The number of esters is 1. The van der Waals surface area contributed by atoms with Gasteiger partial charge in [0, 0.05) is 0 Å². The first-order chi connectivity index (χ1) is 16.7. The molecule has 36 heavy (non-hydrogen) atoms. The minimum absolute atomic E-state index is 0.00514. The van der Waals surface area contributed by atoms with Crippen LogP contribution in [0.4, 0.5) is 0 Å². The van der Waals surface area contributed by atoms with Crippen LogP contribution in [-0.2, 0) is 26.4 Å². The van der Waals surface area contributed by atoms with Crippen LogP contribution in [0.5, 0.6) is 0 Å². The molecule has 2 aromatic heterocycles. The second-order valence-electron chi connectivity index (χ2n) is 9.98. The number of benzene rings is 1. The van der Waals surface area contributed by atoms with Gasteiger partial charge in [0.2, 0.25) is 0 Å². The van der Waals surface area contributed by atoms with Gasteiger partial charge in [-0.2, -0.15) is 0 Å². The van der Waals surface area contributed by atoms with E-state index in [0.717, 1.165) is 21.5 Å². The number of carbonyl (C=O) groups excluding carboxylic acids is 1. The summed E-state index contributed by atoms with van der Waals surface area (Å²) in [6, 6.07) is 9.33. The third-order valence-electron chi connectivity index (χ3n) is 5.77. The van der Waals surface area contributed by atoms with E-state index in [1.165, 1.54) is 18.4 Å². The van der Waals surface area contributed by atoms with Crippen LogP contribution in [0.2, 0.25) is 0 Å². The molecular formula is C26H32N2O7S. The molecule has 0 aliphatic heterocycles. The Bertz CT molecular complexity index is 1410. The topological polar surface area (TPSA) is 117 Å². The van der Waals surface area contributed by atoms with Crippen molar-refractivity contribution in [2.45, 2.75) is 72.3 Å². The number of fused-ring (bicyclic) bond motifs is 1. The zero-order valence-electron chi connectivity index (χ0n) is 21.6. The smallest absolute Gasteiger partial charge is 0.348 e. The lowest BCUT2D eigenvalue weighted by Crippen LogP contribution is -2.52. The number of hydrogen-bond acceptors (Lipinski definition) is 7. The number of aromatic nitrogens is 2. The number of thiophene rings is 1. The van der Waals surface area contributed by atoms with Gasteiger partial charge in [-0.3, -0.25) is 9.36 Å². The van der Waals surface area contributed by atoms with Crippen molar-refractivity contribution in [3.8, 4) is 0 Å². The van der Waals surface area contributed by atoms with Crippen molar-refractivity contribution in [3.05, 3.63) is 67.2 Å². The highest BCUT2D eigenvalue weighted by molar-refractivity contribution is 7.20. The lowest BCUT2D eigenvalue weighted by atomic mass is 10.1. The number of nitrogens with zero attached hydrogens (tertiary/aromatic N) is 2. The van der Waals surface area contributed by atoms with Crippen LogP contribution in [0.3, 0.4) is 0 Å². The van der Waals surface area contributed by atoms with Gasteiger partial charge >= 0.3 is 17.6 Å². The van der Waals surface area contributed by atoms with Crippen LogP contribution < -0.4 is 11.2 Å². The fourth-order valence-electron chi connectivity index (χ4n) is 3.96. The predicted molar refractivity (Wildman–Crippen MR) is 138 cm³/mol. The Morgan fingerprint density at radius 1 is 1.08 bits per heavy atom. The first kappa shape index (κ1) is 27.3. The summed E-state index contributed by atoms with van der Waals surface area (Å²) in [6.07, 6.45) is -0.598. The molecule has 1 aromatic carbocycles. The van der Waals surface area contributed by atoms with Gasteiger partial charge < -0.3 is 14.6 Å². The molecule has 0 saturated heterocycles. The van der Waals surface area contributed by atoms with E-state index in [-0.39, 0.29) is 28.2 Å². The van der Waals surface area contributed by atoms with Gasteiger partial charge in [-0.15, -0.1) is 11.3 Å². The average Bonchev–Trinajstić information content (AvgIpc) is 3.13. The largest absolute Gasteiger partial charge is 0.480 e. The van der Waals surface area contributed by atoms with Crippen LogP contribution in [0, 0.1) is 6.92 Å². The van der Waals surface area contributed by atoms with Gasteiger partial charge in [0.1, 0.15) is 21.4 Å². The molecule has 0 aliphatic carbocycles. The molecule has 0 amide bonds. The summed E-state index contributed by atoms with van der Waals surface area (Å²) in [7, 11) is 0. The van der Waals surface area contributed by atoms with E-state index in [1.807, 2.05) is 51.1 Å². The Hall–Kier alpha value is -3.24. The maximum absolute atomic E-state index is 13.8. The molecule has 0 saturated carbocycles. The van der Waals surface area contributed by atoms with Crippen molar-refractivity contribution in [2.75, 3.05) is 6.61 Å². The Labute approximate surface area is 212 Å². The number of carboxylic acids is 1. The fraction of sp³-hybridized carbons (Fsp3) is 0.462. The molecule has 0 unspecified atom stereocenters. The number of aliphatic carboxylic acids is 1. The second kappa shape index (κ2) is 10.0. The van der Waals surface area contributed by atoms with E-state index in [2.05, 4.69) is 0 Å². The zero-order valence-corrected chi connectivity index (χ0v) is 22.4. The minimum atomic E-state index is -1.84. The summed E-state index contributed by atoms with van der Waals surface area (Å²) >= 11 is 0.982. The lowest BCUT2D eigenvalue weighted by molar-refractivity contribution is -0.146. The number of carboxylic acid groups (broad SMARTS) is 1. The highest BCUT2D eigenvalue weighted by Crippen LogP contribution is 2.32. The van der Waals surface area contributed by atoms with Crippen molar-refractivity contribution < 1.29 is 24.2 Å². The van der Waals surface area contributed by atoms with Crippen molar-refractivity contribution in [3.63, 3.8) is 0 Å². The average molecular weight is 517 g/mol. The first-order valence-electron chi connectivity index (χ1n) is 11.6. The summed E-state index contributed by atoms with van der Waals surface area (Å²) < 4.78 is 13.5. The Balaban J connectivity index is 2.39. The van der Waals surface area contributed by atoms with E-state index in [9.17, 15) is 24.3 Å². The Morgan fingerprint density at radius 2 is 1.69 bits per heavy atom. The summed E-state index contributed by atoms with van der Waals surface area (Å²) in [5, 5.41) is 9.96. The van der Waals surface area contributed by atoms with Crippen molar-refractivity contribution in [1.82, 2.24) is 9.13 Å². The molecular weight excluding hydrogens is 484 g/mol. The Kier molecular flexibility index (Phi) is 7.61. The molecule has 3 rings (SSSR count). The quantitative estimate of drug-likeness (QED) is 0.448. The van der Waals surface area contributed by atoms with Crippen molar-refractivity contribution in [1.29, 1.82) is 0 Å². The molecule has 0 radical (unpaired) electrons. The normalized spacial score (nSPS) is 13.1. The van der Waals surface area contributed by atoms with Gasteiger partial charge in [0.15, 0.2) is 0 Å². The molecule has 0 aliphatic rings. The molecule has 9 nitrogen and oxygen atoms in total. The van der Waals surface area contributed by atoms with Crippen molar-refractivity contribution in [2.24, 2.45) is 0 Å². The fourth-order valence-corrected chi connectivity index (χ4v) is 5.15. The predicted octanol–water partition coefficient (Wildman–Crippen LogP) is 4.09. The lowest BCUT2D eigenvalue weighted by Gasteiger charge is -2.29. The van der Waals surface area contributed by atoms with Crippen LogP contribution in [0.15, 0.2) is 39.9 Å². The molecule has 1 N–H and O–H groups in total. The highest BCUT2D eigenvalue weighted by Gasteiger charge is 2.36. The second-order valence-corrected chi connectivity index (χ2v) is 11.0. The maximum atomic E-state index is 13.8. The standard InChI is InChI=1S/C26H32N2O7S/c1-8-34-22(30)19-15(2)18-20(29)28(26(6,7)23(31)32)24(33)27(21(18)36-19)14-17(35-25(3,4)5)16-12-10-9-11-13-16/h9-13,17H,8,14H2,1-7H3,(H,31,32)/t17-/m1/s1. The molecule has 10 heteroatoms. The summed E-state index contributed by atoms with van der Waals surface area (Å²) in [4.78, 5) is 52.5. The Morgan fingerprint density at radius 3 is 2.22 bits per heavy atom. The van der Waals surface area contributed by atoms with Gasteiger partial charge in [-0.05, 0) is 59.6 Å². The molecule has 2 heterocycles. The molecule has 3 aromatic rings. The van der Waals surface area contributed by atoms with Gasteiger partial charge in [0.25, 0.3) is 5.56 Å². The zero-order chi connectivity index (χ0) is 27.0. The van der Waals surface area contributed by atoms with Gasteiger partial charge in [-0.25, -0.2) is 19.0 Å². The van der Waals surface area contributed by atoms with Gasteiger partial charge in [0.05, 0.1) is 24.1 Å². The third-order valence-corrected chi connectivity index (χ3v) is 7.07. The van der Waals surface area contributed by atoms with Crippen LogP contribution >= 0.6 is 11.3 Å². The van der Waals surface area contributed by atoms with E-state index < -0.39 is 40.4 Å². The third kappa shape index (κ3) is 5.15. The number of hydrogen-bond donors (Lipinski definition) is 1. The number of aryl methyl sites for hydroxylation is 1. The monoisotopic (exact) mass is 516 g/mol. The van der Waals surface area contributed by atoms with Gasteiger partial charge in [-0.1, -0.05) is 30.3 Å². The molecule has 0 fully saturated rings. The van der Waals surface area contributed by atoms with E-state index in [0.29, 0.717) is 5.56 Å². The SMILES string of the molecule is CCOC(=O)c1sc2c(c1C)c(=O)n(C(C)(C)C(=O)O)c(=O)n2C[C@@H](OC(C)(C)C)c1ccccc1. The summed E-state index contributed by atoms with van der Waals surface area (Å²) in [5.74, 6) is -1.94.